The zero-order valence-corrected chi connectivity index (χ0v) is 22.4. The summed E-state index contributed by atoms with van der Waals surface area (Å²) in [6.07, 6.45) is 0. The minimum absolute atomic E-state index is 0.466. The van der Waals surface area contributed by atoms with Crippen LogP contribution in [0.5, 0.6) is 0 Å². The van der Waals surface area contributed by atoms with E-state index in [0.29, 0.717) is 5.46 Å². The van der Waals surface area contributed by atoms with E-state index in [1.54, 1.807) is 0 Å². The van der Waals surface area contributed by atoms with Gasteiger partial charge in [-0.25, -0.2) is 0 Å². The highest BCUT2D eigenvalue weighted by Crippen LogP contribution is 2.47. The van der Waals surface area contributed by atoms with Crippen molar-refractivity contribution >= 4 is 34.1 Å². The van der Waals surface area contributed by atoms with E-state index in [4.69, 9.17) is 0 Å². The smallest absolute Gasteiger partial charge is 0.423 e. The summed E-state index contributed by atoms with van der Waals surface area (Å²) in [4.78, 5) is 0. The lowest BCUT2D eigenvalue weighted by molar-refractivity contribution is 0.426. The van der Waals surface area contributed by atoms with Gasteiger partial charge in [0.2, 0.25) is 0 Å². The lowest BCUT2D eigenvalue weighted by Crippen LogP contribution is -2.29. The van der Waals surface area contributed by atoms with Crippen LogP contribution in [-0.4, -0.2) is 17.2 Å². The fourth-order valence-electron chi connectivity index (χ4n) is 6.08. The van der Waals surface area contributed by atoms with Crippen molar-refractivity contribution in [3.05, 3.63) is 152 Å². The maximum absolute atomic E-state index is 10.2. The first-order valence-electron chi connectivity index (χ1n) is 13.8. The molecule has 0 aliphatic heterocycles. The van der Waals surface area contributed by atoms with Crippen LogP contribution in [0.4, 0.5) is 0 Å². The molecule has 7 aromatic rings. The van der Waals surface area contributed by atoms with E-state index in [-0.39, 0.29) is 0 Å². The molecule has 0 saturated heterocycles. The molecule has 0 heterocycles. The van der Waals surface area contributed by atoms with Crippen molar-refractivity contribution in [2.45, 2.75) is 0 Å². The quantitative estimate of drug-likeness (QED) is 0.175. The Balaban J connectivity index is 1.64. The van der Waals surface area contributed by atoms with E-state index in [9.17, 15) is 10.0 Å². The Morgan fingerprint density at radius 2 is 0.732 bits per heavy atom. The highest BCUT2D eigenvalue weighted by atomic mass is 16.4. The molecule has 7 aromatic carbocycles. The zero-order valence-electron chi connectivity index (χ0n) is 22.4. The molecule has 0 spiro atoms. The number of benzene rings is 7. The molecule has 0 unspecified atom stereocenters. The van der Waals surface area contributed by atoms with Gasteiger partial charge >= 0.3 is 7.12 Å². The Kier molecular flexibility index (Phi) is 6.44. The van der Waals surface area contributed by atoms with Gasteiger partial charge in [-0.3, -0.25) is 0 Å². The molecule has 3 heteroatoms. The number of hydrogen-bond acceptors (Lipinski definition) is 2. The van der Waals surface area contributed by atoms with Gasteiger partial charge in [-0.05, 0) is 71.5 Å². The predicted octanol–water partition coefficient (Wildman–Crippen LogP) is 8.34. The molecule has 0 saturated carbocycles. The molecule has 0 aromatic heterocycles. The van der Waals surface area contributed by atoms with Crippen LogP contribution in [0.25, 0.3) is 66.1 Å². The Morgan fingerprint density at radius 1 is 0.341 bits per heavy atom. The summed E-state index contributed by atoms with van der Waals surface area (Å²) in [6.45, 7) is 0. The summed E-state index contributed by atoms with van der Waals surface area (Å²) in [6, 6.07) is 52.3. The Bertz CT molecular complexity index is 2010. The van der Waals surface area contributed by atoms with Crippen molar-refractivity contribution < 1.29 is 10.0 Å². The lowest BCUT2D eigenvalue weighted by Gasteiger charge is -2.21. The van der Waals surface area contributed by atoms with Crippen LogP contribution >= 0.6 is 0 Å². The van der Waals surface area contributed by atoms with E-state index in [1.807, 2.05) is 30.3 Å². The average molecular weight is 526 g/mol. The molecule has 194 valence electrons. The molecule has 0 radical (unpaired) electrons. The van der Waals surface area contributed by atoms with Gasteiger partial charge < -0.3 is 10.0 Å². The molecule has 0 atom stereocenters. The summed E-state index contributed by atoms with van der Waals surface area (Å²) in [5.41, 5.74) is 9.50. The second-order valence-corrected chi connectivity index (χ2v) is 10.3. The van der Waals surface area contributed by atoms with Crippen LogP contribution in [0.1, 0.15) is 0 Å². The molecule has 41 heavy (non-hydrogen) atoms. The summed E-state index contributed by atoms with van der Waals surface area (Å²) in [5, 5.41) is 24.8. The second-order valence-electron chi connectivity index (χ2n) is 10.3. The predicted molar refractivity (Wildman–Crippen MR) is 173 cm³/mol. The molecular formula is C38H27BO2. The first-order valence-corrected chi connectivity index (χ1v) is 13.8. The first kappa shape index (κ1) is 25.0. The topological polar surface area (TPSA) is 40.5 Å². The highest BCUT2D eigenvalue weighted by Gasteiger charge is 2.22. The van der Waals surface area contributed by atoms with Crippen molar-refractivity contribution in [3.8, 4) is 44.5 Å². The van der Waals surface area contributed by atoms with Gasteiger partial charge in [-0.15, -0.1) is 0 Å². The zero-order chi connectivity index (χ0) is 27.8. The maximum atomic E-state index is 10.2. The van der Waals surface area contributed by atoms with Gasteiger partial charge in [-0.2, -0.15) is 0 Å². The summed E-state index contributed by atoms with van der Waals surface area (Å²) in [7, 11) is -1.57. The second kappa shape index (κ2) is 10.6. The van der Waals surface area contributed by atoms with Gasteiger partial charge in [0.05, 0.1) is 0 Å². The number of fused-ring (bicyclic) bond motifs is 2. The van der Waals surface area contributed by atoms with Crippen molar-refractivity contribution in [3.63, 3.8) is 0 Å². The molecule has 0 aliphatic carbocycles. The third kappa shape index (κ3) is 4.42. The largest absolute Gasteiger partial charge is 0.488 e. The van der Waals surface area contributed by atoms with Crippen LogP contribution in [0.15, 0.2) is 152 Å². The number of rotatable bonds is 5. The molecule has 7 rings (SSSR count). The monoisotopic (exact) mass is 526 g/mol. The Hall–Kier alpha value is -4.96. The van der Waals surface area contributed by atoms with Crippen LogP contribution < -0.4 is 5.46 Å². The Morgan fingerprint density at radius 3 is 1.22 bits per heavy atom. The van der Waals surface area contributed by atoms with Crippen LogP contribution in [0.2, 0.25) is 0 Å². The minimum atomic E-state index is -1.57. The van der Waals surface area contributed by atoms with E-state index < -0.39 is 7.12 Å². The molecule has 0 fully saturated rings. The summed E-state index contributed by atoms with van der Waals surface area (Å²) >= 11 is 0. The van der Waals surface area contributed by atoms with E-state index >= 15 is 0 Å². The van der Waals surface area contributed by atoms with Gasteiger partial charge in [0.1, 0.15) is 0 Å². The van der Waals surface area contributed by atoms with Crippen molar-refractivity contribution in [2.75, 3.05) is 0 Å². The van der Waals surface area contributed by atoms with E-state index in [0.717, 1.165) is 66.1 Å². The number of hydrogen-bond donors (Lipinski definition) is 2. The fraction of sp³-hybridized carbons (Fsp3) is 0. The minimum Gasteiger partial charge on any atom is -0.423 e. The normalized spacial score (nSPS) is 11.2. The molecule has 0 bridgehead atoms. The van der Waals surface area contributed by atoms with Crippen LogP contribution in [0.3, 0.4) is 0 Å². The van der Waals surface area contributed by atoms with Crippen molar-refractivity contribution in [2.24, 2.45) is 0 Å². The first-order chi connectivity index (χ1) is 20.2. The van der Waals surface area contributed by atoms with Crippen molar-refractivity contribution in [1.29, 1.82) is 0 Å². The fourth-order valence-corrected chi connectivity index (χ4v) is 6.08. The van der Waals surface area contributed by atoms with E-state index in [1.165, 1.54) is 0 Å². The van der Waals surface area contributed by atoms with Gasteiger partial charge in [0.25, 0.3) is 0 Å². The van der Waals surface area contributed by atoms with Gasteiger partial charge in [0, 0.05) is 0 Å². The standard InChI is InChI=1S/C38H27BO2/c40-39(41)28-23-24-35-36(25-28)38(32-20-10-8-18-30(32)27-15-5-2-6-16-27)34-22-12-11-21-33(34)37(35)31-19-9-7-17-29(31)26-13-3-1-4-14-26/h1-25,40-41H. The van der Waals surface area contributed by atoms with Crippen molar-refractivity contribution in [1.82, 2.24) is 0 Å². The third-order valence-electron chi connectivity index (χ3n) is 7.91. The van der Waals surface area contributed by atoms with Gasteiger partial charge in [-0.1, -0.05) is 152 Å². The Labute approximate surface area is 240 Å². The molecule has 2 nitrogen and oxygen atoms in total. The summed E-state index contributed by atoms with van der Waals surface area (Å²) < 4.78 is 0. The lowest BCUT2D eigenvalue weighted by atomic mass is 9.76. The molecular weight excluding hydrogens is 499 g/mol. The molecule has 0 amide bonds. The van der Waals surface area contributed by atoms with E-state index in [2.05, 4.69) is 121 Å². The third-order valence-corrected chi connectivity index (χ3v) is 7.91. The summed E-state index contributed by atoms with van der Waals surface area (Å²) in [5.74, 6) is 0. The SMILES string of the molecule is OB(O)c1ccc2c(-c3ccccc3-c3ccccc3)c3ccccc3c(-c3ccccc3-c3ccccc3)c2c1. The average Bonchev–Trinajstić information content (AvgIpc) is 3.04. The highest BCUT2D eigenvalue weighted by molar-refractivity contribution is 6.59. The maximum Gasteiger partial charge on any atom is 0.488 e. The van der Waals surface area contributed by atoms with Gasteiger partial charge in [0.15, 0.2) is 0 Å². The molecule has 0 aliphatic rings. The van der Waals surface area contributed by atoms with Crippen LogP contribution in [-0.2, 0) is 0 Å². The van der Waals surface area contributed by atoms with Crippen LogP contribution in [0, 0.1) is 0 Å². The molecule has 2 N–H and O–H groups in total.